The largest absolute Gasteiger partial charge is 0.350 e. The number of likely N-dealkylation sites (tertiary alicyclic amines) is 1. The van der Waals surface area contributed by atoms with Crippen LogP contribution in [0.25, 0.3) is 10.9 Å². The highest BCUT2D eigenvalue weighted by Gasteiger charge is 2.19. The highest BCUT2D eigenvalue weighted by atomic mass is 35.5. The zero-order valence-corrected chi connectivity index (χ0v) is 17.8. The fourth-order valence-electron chi connectivity index (χ4n) is 4.03. The molecule has 1 saturated heterocycles. The lowest BCUT2D eigenvalue weighted by Crippen LogP contribution is -2.40. The number of nitrogens with zero attached hydrogens (tertiary/aromatic N) is 1. The van der Waals surface area contributed by atoms with Crippen LogP contribution in [0, 0.1) is 5.92 Å². The van der Waals surface area contributed by atoms with Gasteiger partial charge in [0.15, 0.2) is 0 Å². The van der Waals surface area contributed by atoms with Crippen molar-refractivity contribution >= 4 is 40.0 Å². The first-order chi connectivity index (χ1) is 14.1. The molecule has 1 aliphatic heterocycles. The van der Waals surface area contributed by atoms with E-state index in [1.165, 1.54) is 24.8 Å². The predicted molar refractivity (Wildman–Crippen MR) is 120 cm³/mol. The van der Waals surface area contributed by atoms with Crippen LogP contribution in [0.5, 0.6) is 0 Å². The summed E-state index contributed by atoms with van der Waals surface area (Å²) in [5.41, 5.74) is 2.77. The molecule has 0 radical (unpaired) electrons. The monoisotopic (exact) mass is 429 g/mol. The SMILES string of the molecule is O=C(NCCN1CCC(Cc2ccccc2)CC1)c1cc2cc(Cl)c(Cl)cc2[nH]1. The number of halogens is 2. The minimum Gasteiger partial charge on any atom is -0.350 e. The van der Waals surface area contributed by atoms with Crippen LogP contribution >= 0.6 is 23.2 Å². The number of hydrogen-bond donors (Lipinski definition) is 2. The number of H-pyrrole nitrogens is 1. The van der Waals surface area contributed by atoms with Crippen LogP contribution in [0.2, 0.25) is 10.0 Å². The summed E-state index contributed by atoms with van der Waals surface area (Å²) < 4.78 is 0. The number of carbonyl (C=O) groups excluding carboxylic acids is 1. The average molecular weight is 430 g/mol. The Morgan fingerprint density at radius 3 is 2.55 bits per heavy atom. The molecule has 1 fully saturated rings. The Morgan fingerprint density at radius 1 is 1.07 bits per heavy atom. The van der Waals surface area contributed by atoms with Crippen LogP contribution in [-0.4, -0.2) is 42.0 Å². The summed E-state index contributed by atoms with van der Waals surface area (Å²) in [5, 5.41) is 4.85. The van der Waals surface area contributed by atoms with E-state index in [2.05, 4.69) is 45.5 Å². The molecular formula is C23H25Cl2N3O. The number of fused-ring (bicyclic) bond motifs is 1. The molecule has 2 aromatic carbocycles. The minimum atomic E-state index is -0.104. The fourth-order valence-corrected chi connectivity index (χ4v) is 4.37. The second-order valence-corrected chi connectivity index (χ2v) is 8.58. The number of hydrogen-bond acceptors (Lipinski definition) is 2. The van der Waals surface area contributed by atoms with Crippen molar-refractivity contribution in [3.63, 3.8) is 0 Å². The molecule has 1 amide bonds. The van der Waals surface area contributed by atoms with Crippen LogP contribution in [0.4, 0.5) is 0 Å². The lowest BCUT2D eigenvalue weighted by molar-refractivity contribution is 0.0940. The summed E-state index contributed by atoms with van der Waals surface area (Å²) in [6.45, 7) is 3.70. The summed E-state index contributed by atoms with van der Waals surface area (Å²) in [5.74, 6) is 0.653. The van der Waals surface area contributed by atoms with Crippen LogP contribution in [-0.2, 0) is 6.42 Å². The number of amides is 1. The van der Waals surface area contributed by atoms with Crippen molar-refractivity contribution in [3.8, 4) is 0 Å². The molecule has 0 bridgehead atoms. The molecule has 0 aliphatic carbocycles. The van der Waals surface area contributed by atoms with Crippen molar-refractivity contribution in [2.75, 3.05) is 26.2 Å². The Morgan fingerprint density at radius 2 is 1.79 bits per heavy atom. The van der Waals surface area contributed by atoms with Crippen molar-refractivity contribution in [2.24, 2.45) is 5.92 Å². The third kappa shape index (κ3) is 5.13. The summed E-state index contributed by atoms with van der Waals surface area (Å²) in [4.78, 5) is 18.0. The van der Waals surface area contributed by atoms with Crippen molar-refractivity contribution in [3.05, 3.63) is 69.8 Å². The summed E-state index contributed by atoms with van der Waals surface area (Å²) >= 11 is 12.1. The normalized spacial score (nSPS) is 15.7. The van der Waals surface area contributed by atoms with Gasteiger partial charge in [-0.3, -0.25) is 4.79 Å². The first kappa shape index (κ1) is 20.3. The average Bonchev–Trinajstić information content (AvgIpc) is 3.13. The predicted octanol–water partition coefficient (Wildman–Crippen LogP) is 5.16. The summed E-state index contributed by atoms with van der Waals surface area (Å²) in [7, 11) is 0. The number of nitrogens with one attached hydrogen (secondary N) is 2. The lowest BCUT2D eigenvalue weighted by Gasteiger charge is -2.32. The van der Waals surface area contributed by atoms with E-state index in [1.54, 1.807) is 12.1 Å². The molecule has 2 heterocycles. The number of piperidine rings is 1. The third-order valence-corrected chi connectivity index (χ3v) is 6.42. The van der Waals surface area contributed by atoms with E-state index in [1.807, 2.05) is 6.07 Å². The van der Waals surface area contributed by atoms with Gasteiger partial charge in [0, 0.05) is 24.0 Å². The van der Waals surface area contributed by atoms with Crippen molar-refractivity contribution in [1.82, 2.24) is 15.2 Å². The van der Waals surface area contributed by atoms with Gasteiger partial charge in [-0.1, -0.05) is 53.5 Å². The van der Waals surface area contributed by atoms with Gasteiger partial charge in [0.2, 0.25) is 0 Å². The van der Waals surface area contributed by atoms with Gasteiger partial charge in [0.05, 0.1) is 10.0 Å². The number of aromatic amines is 1. The van der Waals surface area contributed by atoms with Crippen molar-refractivity contribution < 1.29 is 4.79 Å². The fraction of sp³-hybridized carbons (Fsp3) is 0.348. The molecule has 0 atom stereocenters. The van der Waals surface area contributed by atoms with Gasteiger partial charge in [0.25, 0.3) is 5.91 Å². The Bertz CT molecular complexity index is 939. The van der Waals surface area contributed by atoms with E-state index in [9.17, 15) is 4.79 Å². The molecule has 4 nitrogen and oxygen atoms in total. The maximum absolute atomic E-state index is 12.5. The standard InChI is InChI=1S/C23H25Cl2N3O/c24-19-13-18-14-22(27-21(18)15-20(19)25)23(29)26-8-11-28-9-6-17(7-10-28)12-16-4-2-1-3-5-16/h1-5,13-15,17,27H,6-12H2,(H,26,29). The Labute approximate surface area is 181 Å². The smallest absolute Gasteiger partial charge is 0.267 e. The van der Waals surface area contributed by atoms with E-state index in [0.717, 1.165) is 36.5 Å². The number of carbonyl (C=O) groups is 1. The first-order valence-corrected chi connectivity index (χ1v) is 10.9. The van der Waals surface area contributed by atoms with Gasteiger partial charge in [-0.15, -0.1) is 0 Å². The highest BCUT2D eigenvalue weighted by Crippen LogP contribution is 2.28. The molecule has 0 spiro atoms. The quantitative estimate of drug-likeness (QED) is 0.568. The Hall–Kier alpha value is -2.01. The van der Waals surface area contributed by atoms with E-state index in [0.29, 0.717) is 22.3 Å². The maximum atomic E-state index is 12.5. The maximum Gasteiger partial charge on any atom is 0.267 e. The molecule has 0 saturated carbocycles. The molecule has 3 aromatic rings. The lowest BCUT2D eigenvalue weighted by atomic mass is 9.90. The highest BCUT2D eigenvalue weighted by molar-refractivity contribution is 6.42. The van der Waals surface area contributed by atoms with E-state index in [4.69, 9.17) is 23.2 Å². The second kappa shape index (κ2) is 9.21. The van der Waals surface area contributed by atoms with Gasteiger partial charge in [-0.2, -0.15) is 0 Å². The van der Waals surface area contributed by atoms with Gasteiger partial charge in [-0.25, -0.2) is 0 Å². The second-order valence-electron chi connectivity index (χ2n) is 7.77. The van der Waals surface area contributed by atoms with Crippen molar-refractivity contribution in [1.29, 1.82) is 0 Å². The molecular weight excluding hydrogens is 405 g/mol. The van der Waals surface area contributed by atoms with E-state index >= 15 is 0 Å². The van der Waals surface area contributed by atoms with Crippen LogP contribution in [0.15, 0.2) is 48.5 Å². The molecule has 0 unspecified atom stereocenters. The third-order valence-electron chi connectivity index (χ3n) is 5.69. The summed E-state index contributed by atoms with van der Waals surface area (Å²) in [6.07, 6.45) is 3.60. The molecule has 4 rings (SSSR count). The van der Waals surface area contributed by atoms with Gasteiger partial charge in [0.1, 0.15) is 5.69 Å². The molecule has 6 heteroatoms. The van der Waals surface area contributed by atoms with Crippen LogP contribution in [0.3, 0.4) is 0 Å². The minimum absolute atomic E-state index is 0.104. The molecule has 152 valence electrons. The first-order valence-electron chi connectivity index (χ1n) is 10.1. The van der Waals surface area contributed by atoms with Crippen molar-refractivity contribution in [2.45, 2.75) is 19.3 Å². The molecule has 1 aromatic heterocycles. The molecule has 29 heavy (non-hydrogen) atoms. The summed E-state index contributed by atoms with van der Waals surface area (Å²) in [6, 6.07) is 16.1. The van der Waals surface area contributed by atoms with Gasteiger partial charge >= 0.3 is 0 Å². The van der Waals surface area contributed by atoms with Crippen LogP contribution in [0.1, 0.15) is 28.9 Å². The van der Waals surface area contributed by atoms with Gasteiger partial charge in [-0.05, 0) is 62.0 Å². The van der Waals surface area contributed by atoms with E-state index in [-0.39, 0.29) is 5.91 Å². The van der Waals surface area contributed by atoms with Crippen LogP contribution < -0.4 is 5.32 Å². The number of benzene rings is 2. The zero-order valence-electron chi connectivity index (χ0n) is 16.3. The van der Waals surface area contributed by atoms with E-state index < -0.39 is 0 Å². The molecule has 1 aliphatic rings. The molecule has 2 N–H and O–H groups in total. The topological polar surface area (TPSA) is 48.1 Å². The van der Waals surface area contributed by atoms with Gasteiger partial charge < -0.3 is 15.2 Å². The Balaban J connectivity index is 1.22. The Kier molecular flexibility index (Phi) is 6.43. The number of rotatable bonds is 6. The zero-order chi connectivity index (χ0) is 20.2. The number of aromatic nitrogens is 1.